The number of fused-ring (bicyclic) bond motifs is 1. The summed E-state index contributed by atoms with van der Waals surface area (Å²) in [6, 6.07) is 6.77. The van der Waals surface area contributed by atoms with Crippen LogP contribution in [0.3, 0.4) is 0 Å². The van der Waals surface area contributed by atoms with Gasteiger partial charge in [0.05, 0.1) is 0 Å². The summed E-state index contributed by atoms with van der Waals surface area (Å²) in [5, 5.41) is 23.3. The van der Waals surface area contributed by atoms with Crippen LogP contribution in [0.5, 0.6) is 0 Å². The van der Waals surface area contributed by atoms with Crippen LogP contribution in [-0.4, -0.2) is 0 Å². The lowest BCUT2D eigenvalue weighted by molar-refractivity contribution is -0.638. The van der Waals surface area contributed by atoms with Gasteiger partial charge in [-0.2, -0.15) is 9.46 Å². The highest BCUT2D eigenvalue weighted by molar-refractivity contribution is 5.67. The van der Waals surface area contributed by atoms with E-state index in [1.165, 1.54) is 0 Å². The van der Waals surface area contributed by atoms with E-state index in [2.05, 4.69) is 0 Å². The van der Waals surface area contributed by atoms with E-state index in [4.69, 9.17) is 0 Å². The van der Waals surface area contributed by atoms with Crippen molar-refractivity contribution in [2.75, 3.05) is 0 Å². The highest BCUT2D eigenvalue weighted by Gasteiger charge is 2.20. The molecule has 4 nitrogen and oxygen atoms in total. The van der Waals surface area contributed by atoms with Crippen LogP contribution in [0.2, 0.25) is 0 Å². The third kappa shape index (κ3) is 1.00. The molecule has 2 aromatic rings. The van der Waals surface area contributed by atoms with Gasteiger partial charge in [-0.1, -0.05) is 12.1 Å². The average molecular weight is 190 g/mol. The van der Waals surface area contributed by atoms with E-state index >= 15 is 0 Å². The van der Waals surface area contributed by atoms with Gasteiger partial charge in [-0.3, -0.25) is 0 Å². The zero-order chi connectivity index (χ0) is 10.3. The van der Waals surface area contributed by atoms with Crippen molar-refractivity contribution in [3.8, 4) is 0 Å². The summed E-state index contributed by atoms with van der Waals surface area (Å²) < 4.78 is 1.58. The lowest BCUT2D eigenvalue weighted by atomic mass is 10.2. The van der Waals surface area contributed by atoms with Crippen LogP contribution in [0.25, 0.3) is 11.0 Å². The molecule has 2 rings (SSSR count). The van der Waals surface area contributed by atoms with E-state index in [0.717, 1.165) is 9.46 Å². The number of hydrogen-bond donors (Lipinski definition) is 0. The van der Waals surface area contributed by atoms with Gasteiger partial charge in [-0.15, -0.1) is 0 Å². The van der Waals surface area contributed by atoms with Crippen LogP contribution in [0.4, 0.5) is 0 Å². The molecule has 0 unspecified atom stereocenters. The summed E-state index contributed by atoms with van der Waals surface area (Å²) in [5.74, 6) is 0. The largest absolute Gasteiger partial charge is 0.618 e. The van der Waals surface area contributed by atoms with Gasteiger partial charge in [-0.25, -0.2) is 0 Å². The Bertz CT molecular complexity index is 462. The first-order chi connectivity index (χ1) is 6.63. The lowest BCUT2D eigenvalue weighted by Crippen LogP contribution is -2.43. The quantitative estimate of drug-likeness (QED) is 0.454. The summed E-state index contributed by atoms with van der Waals surface area (Å²) in [4.78, 5) is 0. The van der Waals surface area contributed by atoms with Crippen molar-refractivity contribution in [3.63, 3.8) is 0 Å². The number of aromatic nitrogens is 2. The molecule has 1 aromatic carbocycles. The number of nitrogens with zero attached hydrogens (tertiary/aromatic N) is 2. The minimum absolute atomic E-state index is 0.408. The Morgan fingerprint density at radius 2 is 1.21 bits per heavy atom. The highest BCUT2D eigenvalue weighted by atomic mass is 16.5. The van der Waals surface area contributed by atoms with Crippen LogP contribution >= 0.6 is 0 Å². The van der Waals surface area contributed by atoms with Gasteiger partial charge < -0.3 is 10.4 Å². The molecule has 0 saturated carbocycles. The van der Waals surface area contributed by atoms with Crippen molar-refractivity contribution in [2.24, 2.45) is 0 Å². The van der Waals surface area contributed by atoms with Crippen molar-refractivity contribution >= 4 is 11.0 Å². The smallest absolute Gasteiger partial charge is 0.290 e. The van der Waals surface area contributed by atoms with E-state index in [1.807, 2.05) is 0 Å². The molecule has 0 saturated heterocycles. The molecule has 0 amide bonds. The summed E-state index contributed by atoms with van der Waals surface area (Å²) in [5.41, 5.74) is 1.70. The fraction of sp³-hybridized carbons (Fsp3) is 0.200. The molecule has 14 heavy (non-hydrogen) atoms. The molecule has 1 heterocycles. The highest BCUT2D eigenvalue weighted by Crippen LogP contribution is 2.07. The SMILES string of the molecule is Cc1c(C)[n+]([O-])c2ccccc2[n+]1[O-]. The molecule has 72 valence electrons. The normalized spacial score (nSPS) is 10.7. The minimum atomic E-state index is 0.408. The lowest BCUT2D eigenvalue weighted by Gasteiger charge is -2.08. The Hall–Kier alpha value is -1.84. The van der Waals surface area contributed by atoms with Crippen molar-refractivity contribution < 1.29 is 9.46 Å². The molecule has 0 atom stereocenters. The Morgan fingerprint density at radius 3 is 1.57 bits per heavy atom. The maximum absolute atomic E-state index is 11.7. The molecule has 0 bridgehead atoms. The van der Waals surface area contributed by atoms with Crippen LogP contribution in [0, 0.1) is 24.3 Å². The second-order valence-electron chi connectivity index (χ2n) is 3.25. The van der Waals surface area contributed by atoms with Crippen molar-refractivity contribution in [1.29, 1.82) is 0 Å². The van der Waals surface area contributed by atoms with Crippen LogP contribution in [-0.2, 0) is 0 Å². The summed E-state index contributed by atoms with van der Waals surface area (Å²) in [6.45, 7) is 3.28. The molecule has 0 spiro atoms. The zero-order valence-electron chi connectivity index (χ0n) is 8.02. The zero-order valence-corrected chi connectivity index (χ0v) is 8.02. The monoisotopic (exact) mass is 190 g/mol. The van der Waals surface area contributed by atoms with Crippen molar-refractivity contribution in [3.05, 3.63) is 46.1 Å². The van der Waals surface area contributed by atoms with Gasteiger partial charge in [0.15, 0.2) is 0 Å². The molecular weight excluding hydrogens is 180 g/mol. The van der Waals surface area contributed by atoms with Gasteiger partial charge in [-0.05, 0) is 0 Å². The van der Waals surface area contributed by atoms with E-state index in [0.29, 0.717) is 22.4 Å². The molecular formula is C10H10N2O2. The topological polar surface area (TPSA) is 53.9 Å². The predicted octanol–water partition coefficient (Wildman–Crippen LogP) is 0.723. The van der Waals surface area contributed by atoms with Crippen molar-refractivity contribution in [1.82, 2.24) is 0 Å². The third-order valence-electron chi connectivity index (χ3n) is 2.45. The summed E-state index contributed by atoms with van der Waals surface area (Å²) in [7, 11) is 0. The third-order valence-corrected chi connectivity index (χ3v) is 2.45. The van der Waals surface area contributed by atoms with Gasteiger partial charge in [0.2, 0.25) is 0 Å². The average Bonchev–Trinajstić information content (AvgIpc) is 2.23. The van der Waals surface area contributed by atoms with Gasteiger partial charge in [0, 0.05) is 26.0 Å². The summed E-state index contributed by atoms with van der Waals surface area (Å²) >= 11 is 0. The number of benzene rings is 1. The molecule has 1 aromatic heterocycles. The molecule has 0 aliphatic rings. The molecule has 0 aliphatic heterocycles. The van der Waals surface area contributed by atoms with Crippen LogP contribution in [0.1, 0.15) is 11.4 Å². The first kappa shape index (κ1) is 8.74. The Balaban J connectivity index is 3.02. The first-order valence-electron chi connectivity index (χ1n) is 4.34. The number of para-hydroxylation sites is 2. The van der Waals surface area contributed by atoms with Gasteiger partial charge >= 0.3 is 0 Å². The van der Waals surface area contributed by atoms with E-state index in [9.17, 15) is 10.4 Å². The molecule has 0 fully saturated rings. The van der Waals surface area contributed by atoms with E-state index < -0.39 is 0 Å². The number of hydrogen-bond acceptors (Lipinski definition) is 2. The maximum Gasteiger partial charge on any atom is 0.290 e. The second kappa shape index (κ2) is 2.83. The van der Waals surface area contributed by atoms with E-state index in [-0.39, 0.29) is 0 Å². The van der Waals surface area contributed by atoms with Crippen molar-refractivity contribution in [2.45, 2.75) is 13.8 Å². The van der Waals surface area contributed by atoms with Crippen LogP contribution < -0.4 is 9.46 Å². The Kier molecular flexibility index (Phi) is 1.77. The maximum atomic E-state index is 11.7. The first-order valence-corrected chi connectivity index (χ1v) is 4.34. The second-order valence-corrected chi connectivity index (χ2v) is 3.25. The number of rotatable bonds is 0. The molecule has 0 N–H and O–H groups in total. The summed E-state index contributed by atoms with van der Waals surface area (Å²) in [6.07, 6.45) is 0. The standard InChI is InChI=1S/C10H10N2O2/c1-7-8(2)12(14)10-6-4-3-5-9(10)11(7)13/h3-6H,1-2H3. The molecule has 0 radical (unpaired) electrons. The minimum Gasteiger partial charge on any atom is -0.618 e. The fourth-order valence-corrected chi connectivity index (χ4v) is 1.46. The molecule has 0 aliphatic carbocycles. The Morgan fingerprint density at radius 1 is 0.857 bits per heavy atom. The molecule has 4 heteroatoms. The predicted molar refractivity (Wildman–Crippen MR) is 51.3 cm³/mol. The van der Waals surface area contributed by atoms with Gasteiger partial charge in [0.25, 0.3) is 22.4 Å². The van der Waals surface area contributed by atoms with Gasteiger partial charge in [0.1, 0.15) is 0 Å². The fourth-order valence-electron chi connectivity index (χ4n) is 1.46. The van der Waals surface area contributed by atoms with E-state index in [1.54, 1.807) is 38.1 Å². The van der Waals surface area contributed by atoms with Crippen LogP contribution in [0.15, 0.2) is 24.3 Å². The Labute approximate surface area is 81.2 Å².